The Bertz CT molecular complexity index is 593. The van der Waals surface area contributed by atoms with Crippen LogP contribution in [-0.2, 0) is 13.0 Å². The average molecular weight is 314 g/mol. The first-order chi connectivity index (χ1) is 10.0. The number of likely N-dealkylation sites (N-methyl/N-ethyl adjacent to an activating group) is 1. The highest BCUT2D eigenvalue weighted by atomic mass is 35.5. The topological polar surface area (TPSA) is 29.9 Å². The van der Waals surface area contributed by atoms with Gasteiger partial charge in [0.15, 0.2) is 0 Å². The van der Waals surface area contributed by atoms with Crippen molar-refractivity contribution in [2.45, 2.75) is 32.4 Å². The quantitative estimate of drug-likeness (QED) is 0.880. The Morgan fingerprint density at radius 3 is 2.52 bits per heavy atom. The summed E-state index contributed by atoms with van der Waals surface area (Å²) in [6.07, 6.45) is 2.96. The summed E-state index contributed by atoms with van der Waals surface area (Å²) < 4.78 is 28.4. The van der Waals surface area contributed by atoms with E-state index >= 15 is 0 Å². The van der Waals surface area contributed by atoms with Crippen molar-refractivity contribution >= 4 is 11.6 Å². The van der Waals surface area contributed by atoms with Crippen molar-refractivity contribution in [3.63, 3.8) is 0 Å². The van der Waals surface area contributed by atoms with Crippen LogP contribution in [0.3, 0.4) is 0 Å². The molecule has 0 fully saturated rings. The van der Waals surface area contributed by atoms with Crippen molar-refractivity contribution in [3.8, 4) is 0 Å². The number of aromatic nitrogens is 2. The van der Waals surface area contributed by atoms with Crippen LogP contribution in [0.15, 0.2) is 24.4 Å². The van der Waals surface area contributed by atoms with Crippen molar-refractivity contribution in [1.29, 1.82) is 0 Å². The minimum absolute atomic E-state index is 0.159. The minimum Gasteiger partial charge on any atom is -0.311 e. The van der Waals surface area contributed by atoms with Crippen molar-refractivity contribution in [2.75, 3.05) is 7.05 Å². The maximum atomic E-state index is 13.3. The van der Waals surface area contributed by atoms with Crippen molar-refractivity contribution in [1.82, 2.24) is 15.1 Å². The zero-order chi connectivity index (χ0) is 15.4. The Kier molecular flexibility index (Phi) is 5.31. The van der Waals surface area contributed by atoms with E-state index in [1.807, 2.05) is 4.68 Å². The summed E-state index contributed by atoms with van der Waals surface area (Å²) in [4.78, 5) is 0. The molecule has 3 nitrogen and oxygen atoms in total. The van der Waals surface area contributed by atoms with Crippen LogP contribution in [0.1, 0.15) is 30.6 Å². The van der Waals surface area contributed by atoms with E-state index in [0.717, 1.165) is 24.7 Å². The number of halogens is 3. The predicted octanol–water partition coefficient (Wildman–Crippen LogP) is 3.73. The smallest absolute Gasteiger partial charge is 0.126 e. The third-order valence-corrected chi connectivity index (χ3v) is 3.60. The van der Waals surface area contributed by atoms with E-state index in [4.69, 9.17) is 11.6 Å². The van der Waals surface area contributed by atoms with Crippen molar-refractivity contribution in [3.05, 3.63) is 52.3 Å². The fourth-order valence-corrected chi connectivity index (χ4v) is 2.68. The number of hydrogen-bond acceptors (Lipinski definition) is 2. The van der Waals surface area contributed by atoms with Gasteiger partial charge in [0.2, 0.25) is 0 Å². The third kappa shape index (κ3) is 3.80. The van der Waals surface area contributed by atoms with Gasteiger partial charge in [-0.2, -0.15) is 5.10 Å². The van der Waals surface area contributed by atoms with Crippen molar-refractivity contribution < 1.29 is 8.78 Å². The molecule has 1 N–H and O–H groups in total. The van der Waals surface area contributed by atoms with Gasteiger partial charge in [0.05, 0.1) is 23.0 Å². The summed E-state index contributed by atoms with van der Waals surface area (Å²) in [6.45, 7) is 2.80. The van der Waals surface area contributed by atoms with E-state index in [0.29, 0.717) is 17.0 Å². The summed E-state index contributed by atoms with van der Waals surface area (Å²) in [6, 6.07) is 3.38. The molecule has 2 rings (SSSR count). The third-order valence-electron chi connectivity index (χ3n) is 3.31. The zero-order valence-electron chi connectivity index (χ0n) is 12.0. The normalized spacial score (nSPS) is 12.6. The van der Waals surface area contributed by atoms with Crippen LogP contribution < -0.4 is 5.32 Å². The fourth-order valence-electron chi connectivity index (χ4n) is 2.41. The molecule has 0 bridgehead atoms. The maximum Gasteiger partial charge on any atom is 0.126 e. The molecule has 0 aliphatic carbocycles. The van der Waals surface area contributed by atoms with Crippen LogP contribution in [0.2, 0.25) is 5.02 Å². The second kappa shape index (κ2) is 7.00. The van der Waals surface area contributed by atoms with Gasteiger partial charge in [0.1, 0.15) is 11.6 Å². The van der Waals surface area contributed by atoms with Crippen LogP contribution in [0.5, 0.6) is 0 Å². The molecule has 0 aliphatic rings. The molecule has 114 valence electrons. The number of hydrogen-bond donors (Lipinski definition) is 1. The highest BCUT2D eigenvalue weighted by Gasteiger charge is 2.19. The summed E-state index contributed by atoms with van der Waals surface area (Å²) in [5, 5.41) is 7.94. The van der Waals surface area contributed by atoms with E-state index in [9.17, 15) is 8.78 Å². The van der Waals surface area contributed by atoms with Gasteiger partial charge < -0.3 is 5.32 Å². The predicted molar refractivity (Wildman–Crippen MR) is 79.4 cm³/mol. The molecule has 0 radical (unpaired) electrons. The average Bonchev–Trinajstić information content (AvgIpc) is 2.77. The van der Waals surface area contributed by atoms with Crippen LogP contribution in [-0.4, -0.2) is 16.8 Å². The lowest BCUT2D eigenvalue weighted by molar-refractivity contribution is 0.494. The van der Waals surface area contributed by atoms with Gasteiger partial charge in [0, 0.05) is 12.6 Å². The Hall–Kier alpha value is -1.46. The highest BCUT2D eigenvalue weighted by molar-refractivity contribution is 6.31. The molecule has 0 saturated heterocycles. The molecule has 1 aromatic heterocycles. The number of nitrogens with one attached hydrogen (secondary N) is 1. The summed E-state index contributed by atoms with van der Waals surface area (Å²) in [5.41, 5.74) is 1.41. The van der Waals surface area contributed by atoms with Gasteiger partial charge in [-0.05, 0) is 37.6 Å². The Morgan fingerprint density at radius 1 is 1.29 bits per heavy atom. The first-order valence-electron chi connectivity index (χ1n) is 6.88. The zero-order valence-corrected chi connectivity index (χ0v) is 12.8. The van der Waals surface area contributed by atoms with Gasteiger partial charge in [-0.1, -0.05) is 18.5 Å². The molecular weight excluding hydrogens is 296 g/mol. The van der Waals surface area contributed by atoms with Crippen LogP contribution in [0.25, 0.3) is 0 Å². The first-order valence-corrected chi connectivity index (χ1v) is 7.26. The summed E-state index contributed by atoms with van der Waals surface area (Å²) in [5.74, 6) is -1.15. The number of rotatable bonds is 6. The molecule has 6 heteroatoms. The van der Waals surface area contributed by atoms with E-state index in [1.54, 1.807) is 13.2 Å². The van der Waals surface area contributed by atoms with Crippen LogP contribution in [0.4, 0.5) is 8.78 Å². The lowest BCUT2D eigenvalue weighted by atomic mass is 10.0. The molecule has 0 saturated carbocycles. The molecular formula is C15H18ClF2N3. The molecule has 0 amide bonds. The Labute approximate surface area is 127 Å². The van der Waals surface area contributed by atoms with Crippen molar-refractivity contribution in [2.24, 2.45) is 0 Å². The highest BCUT2D eigenvalue weighted by Crippen LogP contribution is 2.26. The summed E-state index contributed by atoms with van der Waals surface area (Å²) in [7, 11) is 1.79. The van der Waals surface area contributed by atoms with Crippen LogP contribution in [0, 0.1) is 11.6 Å². The van der Waals surface area contributed by atoms with Crippen LogP contribution >= 0.6 is 11.6 Å². The first kappa shape index (κ1) is 15.9. The van der Waals surface area contributed by atoms with Gasteiger partial charge in [-0.25, -0.2) is 8.78 Å². The van der Waals surface area contributed by atoms with Gasteiger partial charge in [-0.3, -0.25) is 4.68 Å². The molecule has 1 atom stereocenters. The van der Waals surface area contributed by atoms with E-state index in [-0.39, 0.29) is 6.04 Å². The van der Waals surface area contributed by atoms with E-state index in [1.165, 1.54) is 12.1 Å². The monoisotopic (exact) mass is 313 g/mol. The van der Waals surface area contributed by atoms with E-state index in [2.05, 4.69) is 17.3 Å². The molecule has 21 heavy (non-hydrogen) atoms. The molecule has 2 aromatic rings. The summed E-state index contributed by atoms with van der Waals surface area (Å²) >= 11 is 6.21. The number of aryl methyl sites for hydroxylation is 1. The molecule has 0 aliphatic heterocycles. The Balaban J connectivity index is 2.29. The maximum absolute atomic E-state index is 13.3. The lowest BCUT2D eigenvalue weighted by Crippen LogP contribution is -2.23. The largest absolute Gasteiger partial charge is 0.311 e. The van der Waals surface area contributed by atoms with E-state index < -0.39 is 11.6 Å². The Morgan fingerprint density at radius 2 is 1.95 bits per heavy atom. The second-order valence-electron chi connectivity index (χ2n) is 4.92. The molecule has 0 spiro atoms. The minimum atomic E-state index is -0.576. The number of nitrogens with zero attached hydrogens (tertiary/aromatic N) is 2. The molecule has 1 aromatic carbocycles. The number of benzene rings is 1. The van der Waals surface area contributed by atoms with Gasteiger partial charge in [-0.15, -0.1) is 0 Å². The molecule has 1 unspecified atom stereocenters. The SMILES string of the molecule is CCCn1ncc(Cl)c1C(Cc1cc(F)cc(F)c1)NC. The molecule has 1 heterocycles. The fraction of sp³-hybridized carbons (Fsp3) is 0.400. The lowest BCUT2D eigenvalue weighted by Gasteiger charge is -2.19. The second-order valence-corrected chi connectivity index (χ2v) is 5.33. The van der Waals surface area contributed by atoms with Gasteiger partial charge in [0.25, 0.3) is 0 Å². The standard InChI is InChI=1S/C15H18ClF2N3/c1-3-4-21-15(13(16)9-20-21)14(19-2)7-10-5-11(17)8-12(18)6-10/h5-6,8-9,14,19H,3-4,7H2,1-2H3. The van der Waals surface area contributed by atoms with Gasteiger partial charge >= 0.3 is 0 Å².